The number of aryl methyl sites for hydroxylation is 1. The van der Waals surface area contributed by atoms with Crippen molar-refractivity contribution in [2.75, 3.05) is 5.73 Å². The minimum Gasteiger partial charge on any atom is -0.397 e. The first kappa shape index (κ1) is 8.32. The number of nitrogens with two attached hydrogens (primary N) is 1. The molecule has 0 unspecified atom stereocenters. The largest absolute Gasteiger partial charge is 0.397 e. The summed E-state index contributed by atoms with van der Waals surface area (Å²) < 4.78 is 0. The number of rotatable bonds is 0. The van der Waals surface area contributed by atoms with Crippen molar-refractivity contribution in [3.63, 3.8) is 0 Å². The molecule has 3 heteroatoms. The van der Waals surface area contributed by atoms with Gasteiger partial charge in [0.15, 0.2) is 0 Å². The van der Waals surface area contributed by atoms with Crippen molar-refractivity contribution in [1.82, 2.24) is 4.98 Å². The zero-order valence-electron chi connectivity index (χ0n) is 7.21. The van der Waals surface area contributed by atoms with Gasteiger partial charge in [0.2, 0.25) is 0 Å². The Labute approximate surface area is 81.3 Å². The highest BCUT2D eigenvalue weighted by molar-refractivity contribution is 6.36. The minimum atomic E-state index is 0.670. The van der Waals surface area contributed by atoms with Gasteiger partial charge in [0.05, 0.1) is 16.4 Å². The molecule has 0 aliphatic rings. The maximum atomic E-state index is 6.03. The highest BCUT2D eigenvalue weighted by atomic mass is 35.5. The van der Waals surface area contributed by atoms with E-state index in [1.165, 1.54) is 0 Å². The molecule has 2 aromatic rings. The van der Waals surface area contributed by atoms with Gasteiger partial charge in [-0.3, -0.25) is 4.98 Å². The first-order valence-corrected chi connectivity index (χ1v) is 4.37. The second kappa shape index (κ2) is 2.89. The Kier molecular flexibility index (Phi) is 1.85. The Balaban J connectivity index is 2.97. The third-order valence-corrected chi connectivity index (χ3v) is 2.42. The van der Waals surface area contributed by atoms with Crippen molar-refractivity contribution in [2.45, 2.75) is 6.92 Å². The van der Waals surface area contributed by atoms with Crippen LogP contribution in [0.1, 0.15) is 5.69 Å². The molecule has 0 amide bonds. The molecule has 1 heterocycles. The molecule has 0 aliphatic carbocycles. The lowest BCUT2D eigenvalue weighted by molar-refractivity contribution is 1.23. The lowest BCUT2D eigenvalue weighted by atomic mass is 10.1. The van der Waals surface area contributed by atoms with Crippen LogP contribution in [0.25, 0.3) is 10.8 Å². The Morgan fingerprint density at radius 2 is 2.15 bits per heavy atom. The fraction of sp³-hybridized carbons (Fsp3) is 0.100. The smallest absolute Gasteiger partial charge is 0.0625 e. The number of pyridine rings is 1. The van der Waals surface area contributed by atoms with Crippen LogP contribution in [0.2, 0.25) is 5.02 Å². The molecule has 0 spiro atoms. The Morgan fingerprint density at radius 1 is 1.38 bits per heavy atom. The summed E-state index contributed by atoms with van der Waals surface area (Å²) in [5.74, 6) is 0. The normalized spacial score (nSPS) is 10.6. The fourth-order valence-electron chi connectivity index (χ4n) is 1.35. The van der Waals surface area contributed by atoms with Crippen LogP contribution in [0.5, 0.6) is 0 Å². The number of nitrogen functional groups attached to an aromatic ring is 1. The average molecular weight is 193 g/mol. The molecule has 1 aromatic heterocycles. The first-order chi connectivity index (χ1) is 6.20. The van der Waals surface area contributed by atoms with Crippen LogP contribution in [0.15, 0.2) is 24.4 Å². The molecule has 0 bridgehead atoms. The molecule has 2 nitrogen and oxygen atoms in total. The van der Waals surface area contributed by atoms with Crippen LogP contribution < -0.4 is 5.73 Å². The number of hydrogen-bond acceptors (Lipinski definition) is 2. The topological polar surface area (TPSA) is 38.9 Å². The molecule has 2 N–H and O–H groups in total. The molecular weight excluding hydrogens is 184 g/mol. The predicted molar refractivity (Wildman–Crippen MR) is 55.9 cm³/mol. The van der Waals surface area contributed by atoms with Gasteiger partial charge >= 0.3 is 0 Å². The number of hydrogen-bond donors (Lipinski definition) is 1. The van der Waals surface area contributed by atoms with Gasteiger partial charge in [0.1, 0.15) is 0 Å². The minimum absolute atomic E-state index is 0.670. The molecule has 0 saturated carbocycles. The quantitative estimate of drug-likeness (QED) is 0.697. The van der Waals surface area contributed by atoms with Crippen LogP contribution in [0.4, 0.5) is 5.69 Å². The Bertz CT molecular complexity index is 466. The first-order valence-electron chi connectivity index (χ1n) is 3.99. The lowest BCUT2D eigenvalue weighted by Gasteiger charge is -2.05. The van der Waals surface area contributed by atoms with Gasteiger partial charge in [0, 0.05) is 17.0 Å². The van der Waals surface area contributed by atoms with Gasteiger partial charge in [-0.15, -0.1) is 0 Å². The molecule has 0 atom stereocenters. The van der Waals surface area contributed by atoms with Crippen LogP contribution in [-0.4, -0.2) is 4.98 Å². The second-order valence-electron chi connectivity index (χ2n) is 2.96. The van der Waals surface area contributed by atoms with Crippen molar-refractivity contribution >= 4 is 28.1 Å². The van der Waals surface area contributed by atoms with E-state index in [1.54, 1.807) is 6.20 Å². The van der Waals surface area contributed by atoms with Gasteiger partial charge in [-0.25, -0.2) is 0 Å². The predicted octanol–water partition coefficient (Wildman–Crippen LogP) is 2.78. The average Bonchev–Trinajstić information content (AvgIpc) is 2.12. The van der Waals surface area contributed by atoms with E-state index in [2.05, 4.69) is 4.98 Å². The molecule has 2 rings (SSSR count). The number of halogens is 1. The van der Waals surface area contributed by atoms with Gasteiger partial charge in [-0.05, 0) is 13.0 Å². The van der Waals surface area contributed by atoms with Crippen LogP contribution in [-0.2, 0) is 0 Å². The van der Waals surface area contributed by atoms with Gasteiger partial charge in [0.25, 0.3) is 0 Å². The van der Waals surface area contributed by atoms with Gasteiger partial charge in [-0.1, -0.05) is 23.7 Å². The summed E-state index contributed by atoms with van der Waals surface area (Å²) in [6, 6.07) is 5.67. The summed E-state index contributed by atoms with van der Waals surface area (Å²) in [7, 11) is 0. The summed E-state index contributed by atoms with van der Waals surface area (Å²) >= 11 is 6.03. The zero-order valence-corrected chi connectivity index (χ0v) is 7.97. The second-order valence-corrected chi connectivity index (χ2v) is 3.37. The van der Waals surface area contributed by atoms with E-state index >= 15 is 0 Å². The molecule has 0 aliphatic heterocycles. The standard InChI is InChI=1S/C10H9ClN2/c1-6-10(12)9-7(5-13-6)3-2-4-8(9)11/h2-5H,12H2,1H3. The molecule has 1 aromatic carbocycles. The molecule has 66 valence electrons. The number of fused-ring (bicyclic) bond motifs is 1. The van der Waals surface area contributed by atoms with Crippen molar-refractivity contribution in [3.05, 3.63) is 35.1 Å². The number of aromatic nitrogens is 1. The maximum absolute atomic E-state index is 6.03. The monoisotopic (exact) mass is 192 g/mol. The van der Waals surface area contributed by atoms with E-state index in [-0.39, 0.29) is 0 Å². The summed E-state index contributed by atoms with van der Waals surface area (Å²) in [5, 5.41) is 2.56. The fourth-order valence-corrected chi connectivity index (χ4v) is 1.63. The highest BCUT2D eigenvalue weighted by Gasteiger charge is 2.04. The summed E-state index contributed by atoms with van der Waals surface area (Å²) in [4.78, 5) is 4.16. The molecular formula is C10H9ClN2. The zero-order chi connectivity index (χ0) is 9.42. The third-order valence-electron chi connectivity index (χ3n) is 2.10. The maximum Gasteiger partial charge on any atom is 0.0625 e. The molecule has 0 radical (unpaired) electrons. The third kappa shape index (κ3) is 1.23. The lowest BCUT2D eigenvalue weighted by Crippen LogP contribution is -1.94. The molecule has 0 saturated heterocycles. The van der Waals surface area contributed by atoms with Crippen molar-refractivity contribution in [3.8, 4) is 0 Å². The Hall–Kier alpha value is -1.28. The molecule has 0 fully saturated rings. The van der Waals surface area contributed by atoms with Gasteiger partial charge < -0.3 is 5.73 Å². The van der Waals surface area contributed by atoms with Crippen LogP contribution in [0, 0.1) is 6.92 Å². The van der Waals surface area contributed by atoms with E-state index in [1.807, 2.05) is 25.1 Å². The Morgan fingerprint density at radius 3 is 2.92 bits per heavy atom. The summed E-state index contributed by atoms with van der Waals surface area (Å²) in [5.41, 5.74) is 7.36. The van der Waals surface area contributed by atoms with Crippen molar-refractivity contribution < 1.29 is 0 Å². The van der Waals surface area contributed by atoms with E-state index in [9.17, 15) is 0 Å². The molecule has 13 heavy (non-hydrogen) atoms. The van der Waals surface area contributed by atoms with Crippen molar-refractivity contribution in [2.24, 2.45) is 0 Å². The van der Waals surface area contributed by atoms with Crippen molar-refractivity contribution in [1.29, 1.82) is 0 Å². The number of anilines is 1. The SMILES string of the molecule is Cc1ncc2cccc(Cl)c2c1N. The summed E-state index contributed by atoms with van der Waals surface area (Å²) in [6.07, 6.45) is 1.78. The van der Waals surface area contributed by atoms with Crippen LogP contribution >= 0.6 is 11.6 Å². The van der Waals surface area contributed by atoms with E-state index in [0.717, 1.165) is 16.5 Å². The van der Waals surface area contributed by atoms with E-state index in [0.29, 0.717) is 10.7 Å². The number of nitrogens with zero attached hydrogens (tertiary/aromatic N) is 1. The van der Waals surface area contributed by atoms with E-state index in [4.69, 9.17) is 17.3 Å². The highest BCUT2D eigenvalue weighted by Crippen LogP contribution is 2.29. The summed E-state index contributed by atoms with van der Waals surface area (Å²) in [6.45, 7) is 1.87. The van der Waals surface area contributed by atoms with Crippen LogP contribution in [0.3, 0.4) is 0 Å². The van der Waals surface area contributed by atoms with E-state index < -0.39 is 0 Å². The van der Waals surface area contributed by atoms with Gasteiger partial charge in [-0.2, -0.15) is 0 Å². The number of benzene rings is 1.